The fourth-order valence-corrected chi connectivity index (χ4v) is 1.91. The van der Waals surface area contributed by atoms with Crippen LogP contribution < -0.4 is 10.1 Å². The van der Waals surface area contributed by atoms with E-state index in [0.717, 1.165) is 6.42 Å². The van der Waals surface area contributed by atoms with Crippen molar-refractivity contribution in [1.29, 1.82) is 0 Å². The summed E-state index contributed by atoms with van der Waals surface area (Å²) in [5, 5.41) is 3.37. The highest BCUT2D eigenvalue weighted by Crippen LogP contribution is 2.24. The Morgan fingerprint density at radius 3 is 2.67 bits per heavy atom. The van der Waals surface area contributed by atoms with Crippen molar-refractivity contribution in [3.05, 3.63) is 29.3 Å². The summed E-state index contributed by atoms with van der Waals surface area (Å²) in [5.74, 6) is 0.409. The number of carbonyl (C=O) groups excluding carboxylic acids is 1. The van der Waals surface area contributed by atoms with E-state index in [2.05, 4.69) is 5.32 Å². The first-order valence-electron chi connectivity index (χ1n) is 7.35. The number of amides is 1. The minimum absolute atomic E-state index is 0.123. The Morgan fingerprint density at radius 2 is 2.05 bits per heavy atom. The van der Waals surface area contributed by atoms with E-state index < -0.39 is 6.10 Å². The van der Waals surface area contributed by atoms with Crippen LogP contribution in [0.3, 0.4) is 0 Å². The van der Waals surface area contributed by atoms with E-state index in [9.17, 15) is 4.79 Å². The van der Waals surface area contributed by atoms with Crippen LogP contribution in [0.25, 0.3) is 0 Å². The summed E-state index contributed by atoms with van der Waals surface area (Å²) in [6.45, 7) is 7.10. The molecule has 0 aliphatic carbocycles. The smallest absolute Gasteiger partial charge is 0.261 e. The average Bonchev–Trinajstić information content (AvgIpc) is 2.45. The zero-order chi connectivity index (χ0) is 15.7. The van der Waals surface area contributed by atoms with E-state index in [1.165, 1.54) is 0 Å². The molecule has 0 aromatic heterocycles. The molecule has 0 bridgehead atoms. The van der Waals surface area contributed by atoms with Crippen LogP contribution in [-0.2, 0) is 9.53 Å². The Balaban J connectivity index is 2.38. The molecular formula is C16H24ClNO3. The first kappa shape index (κ1) is 17.8. The Morgan fingerprint density at radius 1 is 1.33 bits per heavy atom. The Bertz CT molecular complexity index is 437. The van der Waals surface area contributed by atoms with Crippen molar-refractivity contribution in [3.8, 4) is 5.75 Å². The molecule has 1 atom stereocenters. The molecule has 0 aliphatic heterocycles. The molecule has 0 spiro atoms. The topological polar surface area (TPSA) is 47.6 Å². The molecule has 1 unspecified atom stereocenters. The molecule has 118 valence electrons. The molecule has 0 radical (unpaired) electrons. The highest BCUT2D eigenvalue weighted by Gasteiger charge is 2.18. The van der Waals surface area contributed by atoms with Crippen molar-refractivity contribution in [2.75, 3.05) is 13.2 Å². The van der Waals surface area contributed by atoms with Crippen LogP contribution >= 0.6 is 11.6 Å². The second-order valence-electron chi connectivity index (χ2n) is 5.01. The number of ether oxygens (including phenoxy) is 2. The summed E-state index contributed by atoms with van der Waals surface area (Å²) >= 11 is 6.03. The van der Waals surface area contributed by atoms with Crippen molar-refractivity contribution in [3.63, 3.8) is 0 Å². The van der Waals surface area contributed by atoms with Crippen molar-refractivity contribution >= 4 is 17.5 Å². The van der Waals surface area contributed by atoms with Crippen LogP contribution in [0.2, 0.25) is 5.02 Å². The number of para-hydroxylation sites is 1. The fraction of sp³-hybridized carbons (Fsp3) is 0.562. The van der Waals surface area contributed by atoms with Crippen molar-refractivity contribution in [1.82, 2.24) is 5.32 Å². The van der Waals surface area contributed by atoms with Crippen molar-refractivity contribution < 1.29 is 14.3 Å². The molecule has 0 aliphatic rings. The summed E-state index contributed by atoms with van der Waals surface area (Å²) in [6.07, 6.45) is 1.05. The summed E-state index contributed by atoms with van der Waals surface area (Å²) in [4.78, 5) is 12.1. The van der Waals surface area contributed by atoms with Gasteiger partial charge in [-0.05, 0) is 38.8 Å². The lowest BCUT2D eigenvalue weighted by Crippen LogP contribution is -2.38. The lowest BCUT2D eigenvalue weighted by Gasteiger charge is -2.18. The van der Waals surface area contributed by atoms with Gasteiger partial charge in [0.1, 0.15) is 5.75 Å². The lowest BCUT2D eigenvalue weighted by molar-refractivity contribution is -0.128. The van der Waals surface area contributed by atoms with E-state index >= 15 is 0 Å². The largest absolute Gasteiger partial charge is 0.479 e. The molecule has 5 heteroatoms. The third-order valence-electron chi connectivity index (χ3n) is 2.84. The molecule has 1 amide bonds. The second kappa shape index (κ2) is 9.64. The SMILES string of the molecule is CCC(Oc1ccccc1Cl)C(=O)NCCCOC(C)C. The number of carbonyl (C=O) groups is 1. The van der Waals surface area contributed by atoms with E-state index in [4.69, 9.17) is 21.1 Å². The molecule has 4 nitrogen and oxygen atoms in total. The molecule has 0 heterocycles. The maximum Gasteiger partial charge on any atom is 0.261 e. The summed E-state index contributed by atoms with van der Waals surface area (Å²) < 4.78 is 11.1. The molecule has 1 aromatic carbocycles. The normalized spacial score (nSPS) is 12.2. The molecule has 0 saturated carbocycles. The maximum atomic E-state index is 12.1. The van der Waals surface area contributed by atoms with Crippen LogP contribution in [0.4, 0.5) is 0 Å². The highest BCUT2D eigenvalue weighted by atomic mass is 35.5. The van der Waals surface area contributed by atoms with Gasteiger partial charge in [-0.1, -0.05) is 30.7 Å². The predicted molar refractivity (Wildman–Crippen MR) is 84.9 cm³/mol. The van der Waals surface area contributed by atoms with Gasteiger partial charge in [-0.2, -0.15) is 0 Å². The van der Waals surface area contributed by atoms with Gasteiger partial charge in [0, 0.05) is 13.2 Å². The van der Waals surface area contributed by atoms with E-state index in [1.54, 1.807) is 12.1 Å². The van der Waals surface area contributed by atoms with Crippen LogP contribution in [0, 0.1) is 0 Å². The van der Waals surface area contributed by atoms with Gasteiger partial charge in [0.25, 0.3) is 5.91 Å². The second-order valence-corrected chi connectivity index (χ2v) is 5.42. The van der Waals surface area contributed by atoms with Gasteiger partial charge in [-0.25, -0.2) is 0 Å². The first-order chi connectivity index (χ1) is 10.0. The first-order valence-corrected chi connectivity index (χ1v) is 7.72. The minimum Gasteiger partial charge on any atom is -0.479 e. The van der Waals surface area contributed by atoms with Gasteiger partial charge < -0.3 is 14.8 Å². The standard InChI is InChI=1S/C16H24ClNO3/c1-4-14(21-15-9-6-5-8-13(15)17)16(19)18-10-7-11-20-12(2)3/h5-6,8-9,12,14H,4,7,10-11H2,1-3H3,(H,18,19). The van der Waals surface area contributed by atoms with E-state index in [1.807, 2.05) is 32.9 Å². The van der Waals surface area contributed by atoms with Crippen LogP contribution in [0.15, 0.2) is 24.3 Å². The van der Waals surface area contributed by atoms with Crippen molar-refractivity contribution in [2.45, 2.75) is 45.8 Å². The van der Waals surface area contributed by atoms with Crippen LogP contribution in [0.1, 0.15) is 33.6 Å². The minimum atomic E-state index is -0.532. The van der Waals surface area contributed by atoms with Gasteiger partial charge in [0.05, 0.1) is 11.1 Å². The third kappa shape index (κ3) is 6.82. The molecule has 1 aromatic rings. The Labute approximate surface area is 131 Å². The zero-order valence-electron chi connectivity index (χ0n) is 12.9. The van der Waals surface area contributed by atoms with Gasteiger partial charge in [0.2, 0.25) is 0 Å². The summed E-state index contributed by atoms with van der Waals surface area (Å²) in [7, 11) is 0. The average molecular weight is 314 g/mol. The van der Waals surface area contributed by atoms with Gasteiger partial charge in [-0.15, -0.1) is 0 Å². The molecule has 1 N–H and O–H groups in total. The van der Waals surface area contributed by atoms with Gasteiger partial charge in [0.15, 0.2) is 6.10 Å². The summed E-state index contributed by atoms with van der Waals surface area (Å²) in [5.41, 5.74) is 0. The molecule has 1 rings (SSSR count). The fourth-order valence-electron chi connectivity index (χ4n) is 1.73. The summed E-state index contributed by atoms with van der Waals surface area (Å²) in [6, 6.07) is 7.15. The number of rotatable bonds is 9. The number of nitrogens with one attached hydrogen (secondary N) is 1. The quantitative estimate of drug-likeness (QED) is 0.711. The monoisotopic (exact) mass is 313 g/mol. The van der Waals surface area contributed by atoms with E-state index in [-0.39, 0.29) is 12.0 Å². The predicted octanol–water partition coefficient (Wildman–Crippen LogP) is 3.43. The molecule has 21 heavy (non-hydrogen) atoms. The third-order valence-corrected chi connectivity index (χ3v) is 3.15. The number of benzene rings is 1. The van der Waals surface area contributed by atoms with Crippen LogP contribution in [0.5, 0.6) is 5.75 Å². The van der Waals surface area contributed by atoms with Crippen molar-refractivity contribution in [2.24, 2.45) is 0 Å². The lowest BCUT2D eigenvalue weighted by atomic mass is 10.2. The number of hydrogen-bond donors (Lipinski definition) is 1. The van der Waals surface area contributed by atoms with E-state index in [0.29, 0.717) is 30.3 Å². The maximum absolute atomic E-state index is 12.1. The van der Waals surface area contributed by atoms with Gasteiger partial charge in [-0.3, -0.25) is 4.79 Å². The number of halogens is 1. The zero-order valence-corrected chi connectivity index (χ0v) is 13.7. The molecule has 0 saturated heterocycles. The molecule has 0 fully saturated rings. The Hall–Kier alpha value is -1.26. The highest BCUT2D eigenvalue weighted by molar-refractivity contribution is 6.32. The van der Waals surface area contributed by atoms with Gasteiger partial charge >= 0.3 is 0 Å². The number of hydrogen-bond acceptors (Lipinski definition) is 3. The Kier molecular flexibility index (Phi) is 8.16. The molecular weight excluding hydrogens is 290 g/mol. The van der Waals surface area contributed by atoms with Crippen LogP contribution in [-0.4, -0.2) is 31.3 Å².